The Morgan fingerprint density at radius 3 is 2.52 bits per heavy atom. The number of alkyl halides is 2. The molecule has 4 rings (SSSR count). The zero-order valence-corrected chi connectivity index (χ0v) is 22.6. The summed E-state index contributed by atoms with van der Waals surface area (Å²) in [5.74, 6) is -4.61. The second-order valence-corrected chi connectivity index (χ2v) is 10.7. The van der Waals surface area contributed by atoms with E-state index >= 15 is 0 Å². The van der Waals surface area contributed by atoms with E-state index < -0.39 is 61.1 Å². The van der Waals surface area contributed by atoms with Gasteiger partial charge in [-0.25, -0.2) is 18.4 Å². The largest absolute Gasteiger partial charge is 0.444 e. The summed E-state index contributed by atoms with van der Waals surface area (Å²) >= 11 is 0. The fourth-order valence-electron chi connectivity index (χ4n) is 4.26. The van der Waals surface area contributed by atoms with Crippen LogP contribution in [0.4, 0.5) is 13.6 Å². The number of carbonyl (C=O) groups excluding carboxylic acids is 2. The summed E-state index contributed by atoms with van der Waals surface area (Å²) in [5.41, 5.74) is 2.70. The predicted molar refractivity (Wildman–Crippen MR) is 141 cm³/mol. The number of hydrogen-bond donors (Lipinski definition) is 1. The molecular weight excluding hydrogens is 526 g/mol. The Balaban J connectivity index is 1.42. The third-order valence-corrected chi connectivity index (χ3v) is 6.24. The Bertz CT molecular complexity index is 1500. The van der Waals surface area contributed by atoms with Crippen molar-refractivity contribution in [1.29, 1.82) is 5.26 Å². The number of amides is 2. The van der Waals surface area contributed by atoms with Crippen LogP contribution in [0.1, 0.15) is 26.3 Å². The number of benzene rings is 2. The number of nitrogens with one attached hydrogen (secondary N) is 1. The molecule has 40 heavy (non-hydrogen) atoms. The third kappa shape index (κ3) is 6.84. The maximum absolute atomic E-state index is 14.2. The molecule has 1 N–H and O–H groups in total. The normalized spacial score (nSPS) is 18.0. The number of ether oxygens (including phenoxy) is 2. The lowest BCUT2D eigenvalue weighted by Gasteiger charge is -2.28. The fraction of sp³-hybridized carbons (Fsp3) is 0.429. The van der Waals surface area contributed by atoms with Gasteiger partial charge in [0.05, 0.1) is 24.7 Å². The molecule has 2 heterocycles. The molecule has 12 heteroatoms. The van der Waals surface area contributed by atoms with Crippen LogP contribution in [0.2, 0.25) is 0 Å². The van der Waals surface area contributed by atoms with Crippen LogP contribution >= 0.6 is 0 Å². The maximum Gasteiger partial charge on any atom is 0.419 e. The van der Waals surface area contributed by atoms with Crippen molar-refractivity contribution in [2.75, 3.05) is 19.7 Å². The zero-order chi connectivity index (χ0) is 29.2. The minimum Gasteiger partial charge on any atom is -0.444 e. The average molecular weight is 557 g/mol. The highest BCUT2D eigenvalue weighted by Gasteiger charge is 2.42. The first-order chi connectivity index (χ1) is 18.7. The molecule has 1 aromatic heterocycles. The average Bonchev–Trinajstić information content (AvgIpc) is 3.05. The Labute approximate surface area is 229 Å². The minimum atomic E-state index is -3.38. The topological polar surface area (TPSA) is 127 Å². The van der Waals surface area contributed by atoms with Gasteiger partial charge in [-0.1, -0.05) is 30.3 Å². The zero-order valence-electron chi connectivity index (χ0n) is 22.6. The first-order valence-corrected chi connectivity index (χ1v) is 12.6. The monoisotopic (exact) mass is 556 g/mol. The molecule has 1 aliphatic rings. The number of oxazole rings is 1. The first-order valence-electron chi connectivity index (χ1n) is 12.6. The van der Waals surface area contributed by atoms with Gasteiger partial charge in [0.1, 0.15) is 18.2 Å². The molecule has 1 unspecified atom stereocenters. The molecule has 1 saturated heterocycles. The summed E-state index contributed by atoms with van der Waals surface area (Å²) < 4.78 is 45.4. The molecule has 0 radical (unpaired) electrons. The summed E-state index contributed by atoms with van der Waals surface area (Å²) in [6, 6.07) is 13.7. The molecule has 1 fully saturated rings. The van der Waals surface area contributed by atoms with Crippen molar-refractivity contribution in [3.63, 3.8) is 0 Å². The van der Waals surface area contributed by atoms with Crippen molar-refractivity contribution in [3.05, 3.63) is 58.6 Å². The number of fused-ring (bicyclic) bond motifs is 1. The van der Waals surface area contributed by atoms with Crippen LogP contribution in [0.25, 0.3) is 22.2 Å². The molecule has 3 aromatic rings. The summed E-state index contributed by atoms with van der Waals surface area (Å²) in [5, 5.41) is 12.2. The molecular formula is C28H30F2N4O6. The van der Waals surface area contributed by atoms with E-state index in [1.54, 1.807) is 46.0 Å². The smallest absolute Gasteiger partial charge is 0.419 e. The lowest BCUT2D eigenvalue weighted by Crippen LogP contribution is -2.49. The van der Waals surface area contributed by atoms with E-state index in [1.165, 1.54) is 4.57 Å². The lowest BCUT2D eigenvalue weighted by atomic mass is 10.0. The fourth-order valence-corrected chi connectivity index (χ4v) is 4.26. The number of carbonyl (C=O) groups is 2. The maximum atomic E-state index is 14.2. The van der Waals surface area contributed by atoms with Gasteiger partial charge in [-0.15, -0.1) is 0 Å². The summed E-state index contributed by atoms with van der Waals surface area (Å²) in [6.45, 7) is 2.36. The van der Waals surface area contributed by atoms with E-state index in [4.69, 9.17) is 13.9 Å². The van der Waals surface area contributed by atoms with Gasteiger partial charge in [0.2, 0.25) is 0 Å². The first kappa shape index (κ1) is 28.8. The van der Waals surface area contributed by atoms with Crippen LogP contribution in [-0.4, -0.2) is 64.8 Å². The van der Waals surface area contributed by atoms with Crippen molar-refractivity contribution in [2.24, 2.45) is 7.05 Å². The van der Waals surface area contributed by atoms with Crippen LogP contribution in [0.15, 0.2) is 51.7 Å². The van der Waals surface area contributed by atoms with Gasteiger partial charge in [0.15, 0.2) is 11.7 Å². The number of aromatic nitrogens is 1. The third-order valence-electron chi connectivity index (χ3n) is 6.24. The van der Waals surface area contributed by atoms with Gasteiger partial charge in [-0.2, -0.15) is 5.26 Å². The van der Waals surface area contributed by atoms with E-state index in [0.29, 0.717) is 11.1 Å². The molecule has 1 aliphatic heterocycles. The van der Waals surface area contributed by atoms with Crippen molar-refractivity contribution in [2.45, 2.75) is 50.9 Å². The summed E-state index contributed by atoms with van der Waals surface area (Å²) in [4.78, 5) is 37.9. The highest BCUT2D eigenvalue weighted by Crippen LogP contribution is 2.25. The van der Waals surface area contributed by atoms with Crippen LogP contribution in [0, 0.1) is 11.3 Å². The van der Waals surface area contributed by atoms with Crippen LogP contribution in [-0.2, 0) is 27.7 Å². The molecule has 0 spiro atoms. The van der Waals surface area contributed by atoms with E-state index in [0.717, 1.165) is 21.6 Å². The lowest BCUT2D eigenvalue weighted by molar-refractivity contribution is -0.137. The number of nitriles is 1. The van der Waals surface area contributed by atoms with E-state index in [1.807, 2.05) is 30.3 Å². The molecule has 212 valence electrons. The summed E-state index contributed by atoms with van der Waals surface area (Å²) in [6.07, 6.45) is -2.24. The highest BCUT2D eigenvalue weighted by atomic mass is 19.3. The number of halogens is 2. The van der Waals surface area contributed by atoms with Gasteiger partial charge in [-0.05, 0) is 49.6 Å². The van der Waals surface area contributed by atoms with Gasteiger partial charge < -0.3 is 19.2 Å². The van der Waals surface area contributed by atoms with Crippen molar-refractivity contribution in [1.82, 2.24) is 14.8 Å². The van der Waals surface area contributed by atoms with Crippen LogP contribution < -0.4 is 11.1 Å². The number of rotatable bonds is 5. The Morgan fingerprint density at radius 2 is 1.88 bits per heavy atom. The van der Waals surface area contributed by atoms with Gasteiger partial charge in [-0.3, -0.25) is 14.3 Å². The Hall–Kier alpha value is -4.24. The van der Waals surface area contributed by atoms with Crippen LogP contribution in [0.5, 0.6) is 0 Å². The van der Waals surface area contributed by atoms with Gasteiger partial charge >= 0.3 is 11.8 Å². The van der Waals surface area contributed by atoms with E-state index in [-0.39, 0.29) is 6.42 Å². The molecule has 2 atom stereocenters. The molecule has 0 saturated carbocycles. The summed E-state index contributed by atoms with van der Waals surface area (Å²) in [7, 11) is 1.62. The molecule has 0 bridgehead atoms. The van der Waals surface area contributed by atoms with Crippen molar-refractivity contribution < 1.29 is 32.3 Å². The van der Waals surface area contributed by atoms with Crippen molar-refractivity contribution in [3.8, 4) is 17.2 Å². The molecule has 10 nitrogen and oxygen atoms in total. The molecule has 0 aliphatic carbocycles. The number of aryl methyl sites for hydroxylation is 1. The van der Waals surface area contributed by atoms with Crippen LogP contribution in [0.3, 0.4) is 0 Å². The standard InChI is InChI=1S/C28H30F2N4O6/c1-27(2,3)40-26(37)34-14-23(38-16-28(29,30)15-34)24(35)32-20(13-31)11-17-5-7-18(8-6-17)19-9-10-22-21(12-19)33(4)25(36)39-22/h5-10,12,20,23H,11,14-16H2,1-4H3,(H,32,35)/t20?,23-/m0/s1. The molecule has 2 aromatic carbocycles. The van der Waals surface area contributed by atoms with Crippen molar-refractivity contribution >= 4 is 23.1 Å². The molecule has 2 amide bonds. The Morgan fingerprint density at radius 1 is 1.20 bits per heavy atom. The van der Waals surface area contributed by atoms with E-state index in [9.17, 15) is 28.4 Å². The second-order valence-electron chi connectivity index (χ2n) is 10.7. The predicted octanol–water partition coefficient (Wildman–Crippen LogP) is 3.62. The quantitative estimate of drug-likeness (QED) is 0.509. The number of hydrogen-bond acceptors (Lipinski definition) is 7. The Kier molecular flexibility index (Phi) is 7.98. The highest BCUT2D eigenvalue weighted by molar-refractivity contribution is 5.83. The number of nitrogens with zero attached hydrogens (tertiary/aromatic N) is 3. The van der Waals surface area contributed by atoms with Gasteiger partial charge in [0.25, 0.3) is 11.8 Å². The second kappa shape index (κ2) is 11.1. The minimum absolute atomic E-state index is 0.149. The van der Waals surface area contributed by atoms with E-state index in [2.05, 4.69) is 5.32 Å². The van der Waals surface area contributed by atoms with Gasteiger partial charge in [0, 0.05) is 13.5 Å². The SMILES string of the molecule is Cn1c(=O)oc2ccc(-c3ccc(CC(C#N)NC(=O)[C@@H]4CN(C(=O)OC(C)(C)C)CC(F)(F)CO4)cc3)cc21.